The molecule has 9 heavy (non-hydrogen) atoms. The first-order chi connectivity index (χ1) is 4.22. The maximum Gasteiger partial charge on any atom is 0.188 e. The van der Waals surface area contributed by atoms with E-state index >= 15 is 0 Å². The third-order valence-corrected chi connectivity index (χ3v) is 1.11. The van der Waals surface area contributed by atoms with Crippen molar-refractivity contribution in [3.05, 3.63) is 36.1 Å². The Labute approximate surface area is 52.8 Å². The molecule has 1 N–H and O–H groups in total. The Morgan fingerprint density at radius 1 is 1.56 bits per heavy atom. The van der Waals surface area contributed by atoms with Crippen molar-refractivity contribution >= 4 is 5.78 Å². The quantitative estimate of drug-likeness (QED) is 0.489. The molecule has 0 radical (unpaired) electrons. The molecule has 0 spiro atoms. The second-order valence-corrected chi connectivity index (χ2v) is 1.75. The molecule has 46 valence electrons. The topological polar surface area (TPSA) is 37.3 Å². The molecule has 0 atom stereocenters. The minimum atomic E-state index is -0.227. The van der Waals surface area contributed by atoms with Gasteiger partial charge in [0.2, 0.25) is 0 Å². The van der Waals surface area contributed by atoms with E-state index in [0.29, 0.717) is 0 Å². The molecule has 0 saturated carbocycles. The zero-order chi connectivity index (χ0) is 6.85. The Balaban J connectivity index is 3.00. The van der Waals surface area contributed by atoms with Crippen molar-refractivity contribution in [1.82, 2.24) is 0 Å². The summed E-state index contributed by atoms with van der Waals surface area (Å²) in [6, 6.07) is 0. The van der Waals surface area contributed by atoms with Crippen LogP contribution in [0.3, 0.4) is 0 Å². The SMILES string of the molecule is C=C1C(=O)C=CC=C1O. The summed E-state index contributed by atoms with van der Waals surface area (Å²) < 4.78 is 0. The van der Waals surface area contributed by atoms with E-state index < -0.39 is 0 Å². The van der Waals surface area contributed by atoms with Crippen LogP contribution in [0, 0.1) is 0 Å². The summed E-state index contributed by atoms with van der Waals surface area (Å²) in [6.07, 6.45) is 4.29. The highest BCUT2D eigenvalue weighted by Gasteiger charge is 2.09. The number of aliphatic hydroxyl groups is 1. The Morgan fingerprint density at radius 2 is 2.22 bits per heavy atom. The van der Waals surface area contributed by atoms with E-state index in [2.05, 4.69) is 6.58 Å². The molecule has 1 aliphatic rings. The van der Waals surface area contributed by atoms with Crippen LogP contribution >= 0.6 is 0 Å². The average Bonchev–Trinajstić information content (AvgIpc) is 1.83. The van der Waals surface area contributed by atoms with Gasteiger partial charge in [-0.2, -0.15) is 0 Å². The minimum Gasteiger partial charge on any atom is -0.507 e. The molecule has 0 aromatic carbocycles. The average molecular weight is 122 g/mol. The molecular formula is C7H6O2. The summed E-state index contributed by atoms with van der Waals surface area (Å²) in [5.74, 6) is -0.266. The molecule has 0 aliphatic heterocycles. The van der Waals surface area contributed by atoms with Crippen LogP contribution in [0.5, 0.6) is 0 Å². The number of carbonyl (C=O) groups excluding carboxylic acids is 1. The van der Waals surface area contributed by atoms with Gasteiger partial charge >= 0.3 is 0 Å². The lowest BCUT2D eigenvalue weighted by atomic mass is 10.1. The van der Waals surface area contributed by atoms with Crippen molar-refractivity contribution in [2.75, 3.05) is 0 Å². The maximum absolute atomic E-state index is 10.6. The predicted octanol–water partition coefficient (Wildman–Crippen LogP) is 1.12. The zero-order valence-corrected chi connectivity index (χ0v) is 4.79. The van der Waals surface area contributed by atoms with Crippen LogP contribution < -0.4 is 0 Å². The van der Waals surface area contributed by atoms with Crippen LogP contribution in [0.2, 0.25) is 0 Å². The van der Waals surface area contributed by atoms with Crippen LogP contribution in [0.1, 0.15) is 0 Å². The van der Waals surface area contributed by atoms with Gasteiger partial charge in [0.05, 0.1) is 5.57 Å². The lowest BCUT2D eigenvalue weighted by molar-refractivity contribution is -0.111. The highest BCUT2D eigenvalue weighted by molar-refractivity contribution is 6.07. The molecule has 0 saturated heterocycles. The lowest BCUT2D eigenvalue weighted by Gasteiger charge is -2.01. The fourth-order valence-electron chi connectivity index (χ4n) is 0.554. The number of ketones is 1. The van der Waals surface area contributed by atoms with Gasteiger partial charge in [-0.15, -0.1) is 0 Å². The third kappa shape index (κ3) is 0.914. The highest BCUT2D eigenvalue weighted by Crippen LogP contribution is 2.10. The molecule has 1 aliphatic carbocycles. The summed E-state index contributed by atoms with van der Waals surface area (Å²) in [4.78, 5) is 10.6. The van der Waals surface area contributed by atoms with Crippen LogP contribution in [-0.4, -0.2) is 10.9 Å². The number of aliphatic hydroxyl groups excluding tert-OH is 1. The second-order valence-electron chi connectivity index (χ2n) is 1.75. The summed E-state index contributed by atoms with van der Waals surface area (Å²) in [5.41, 5.74) is 0.164. The first-order valence-corrected chi connectivity index (χ1v) is 2.53. The number of allylic oxidation sites excluding steroid dienone is 4. The van der Waals surface area contributed by atoms with Crippen LogP contribution in [0.15, 0.2) is 36.1 Å². The fraction of sp³-hybridized carbons (Fsp3) is 0. The predicted molar refractivity (Wildman–Crippen MR) is 34.0 cm³/mol. The van der Waals surface area contributed by atoms with Gasteiger partial charge in [-0.05, 0) is 12.2 Å². The normalized spacial score (nSPS) is 18.0. The molecule has 0 fully saturated rings. The third-order valence-electron chi connectivity index (χ3n) is 1.11. The van der Waals surface area contributed by atoms with Crippen molar-refractivity contribution in [2.45, 2.75) is 0 Å². The van der Waals surface area contributed by atoms with Crippen molar-refractivity contribution in [3.8, 4) is 0 Å². The summed E-state index contributed by atoms with van der Waals surface area (Å²) in [5, 5.41) is 8.84. The molecule has 1 rings (SSSR count). The van der Waals surface area contributed by atoms with E-state index in [9.17, 15) is 4.79 Å². The van der Waals surface area contributed by atoms with E-state index in [0.717, 1.165) is 0 Å². The molecule has 0 aromatic rings. The Kier molecular flexibility index (Phi) is 1.23. The molecule has 0 aromatic heterocycles. The van der Waals surface area contributed by atoms with Crippen LogP contribution in [0.25, 0.3) is 0 Å². The van der Waals surface area contributed by atoms with E-state index in [1.54, 1.807) is 0 Å². The number of hydrogen-bond acceptors (Lipinski definition) is 2. The Bertz CT molecular complexity index is 221. The smallest absolute Gasteiger partial charge is 0.188 e. The van der Waals surface area contributed by atoms with Gasteiger partial charge in [-0.1, -0.05) is 12.7 Å². The van der Waals surface area contributed by atoms with Crippen molar-refractivity contribution in [2.24, 2.45) is 0 Å². The minimum absolute atomic E-state index is 0.0394. The highest BCUT2D eigenvalue weighted by atomic mass is 16.3. The molecule has 0 bridgehead atoms. The molecule has 0 heterocycles. The van der Waals surface area contributed by atoms with Crippen molar-refractivity contribution in [3.63, 3.8) is 0 Å². The van der Waals surface area contributed by atoms with E-state index in [-0.39, 0.29) is 17.1 Å². The van der Waals surface area contributed by atoms with Gasteiger partial charge in [0, 0.05) is 0 Å². The van der Waals surface area contributed by atoms with Crippen LogP contribution in [0.4, 0.5) is 0 Å². The van der Waals surface area contributed by atoms with E-state index in [4.69, 9.17) is 5.11 Å². The lowest BCUT2D eigenvalue weighted by Crippen LogP contribution is -2.02. The van der Waals surface area contributed by atoms with Crippen molar-refractivity contribution in [1.29, 1.82) is 0 Å². The van der Waals surface area contributed by atoms with Gasteiger partial charge < -0.3 is 5.11 Å². The number of carbonyl (C=O) groups is 1. The van der Waals surface area contributed by atoms with Gasteiger partial charge in [0.15, 0.2) is 5.78 Å². The van der Waals surface area contributed by atoms with Gasteiger partial charge in [-0.25, -0.2) is 0 Å². The number of rotatable bonds is 0. The fourth-order valence-corrected chi connectivity index (χ4v) is 0.554. The Morgan fingerprint density at radius 3 is 2.67 bits per heavy atom. The Hall–Kier alpha value is -1.31. The molecule has 0 unspecified atom stereocenters. The summed E-state index contributed by atoms with van der Waals surface area (Å²) >= 11 is 0. The van der Waals surface area contributed by atoms with Gasteiger partial charge in [-0.3, -0.25) is 4.79 Å². The second kappa shape index (κ2) is 1.90. The largest absolute Gasteiger partial charge is 0.507 e. The van der Waals surface area contributed by atoms with E-state index in [1.165, 1.54) is 18.2 Å². The maximum atomic E-state index is 10.6. The standard InChI is InChI=1S/C7H6O2/c1-5-6(8)3-2-4-7(5)9/h2-4,8H,1H2. The molecule has 2 nitrogen and oxygen atoms in total. The van der Waals surface area contributed by atoms with Crippen LogP contribution in [-0.2, 0) is 4.79 Å². The number of hydrogen-bond donors (Lipinski definition) is 1. The zero-order valence-electron chi connectivity index (χ0n) is 4.79. The molecular weight excluding hydrogens is 116 g/mol. The molecule has 2 heteroatoms. The van der Waals surface area contributed by atoms with E-state index in [1.807, 2.05) is 0 Å². The van der Waals surface area contributed by atoms with Crippen molar-refractivity contribution < 1.29 is 9.90 Å². The van der Waals surface area contributed by atoms with Gasteiger partial charge in [0.1, 0.15) is 5.76 Å². The summed E-state index contributed by atoms with van der Waals surface area (Å²) in [7, 11) is 0. The monoisotopic (exact) mass is 122 g/mol. The first-order valence-electron chi connectivity index (χ1n) is 2.53. The van der Waals surface area contributed by atoms with Gasteiger partial charge in [0.25, 0.3) is 0 Å². The first kappa shape index (κ1) is 5.82. The summed E-state index contributed by atoms with van der Waals surface area (Å²) in [6.45, 7) is 3.36. The molecule has 0 amide bonds.